The third-order valence-electron chi connectivity index (χ3n) is 1.91. The van der Waals surface area contributed by atoms with E-state index in [1.165, 1.54) is 0 Å². The van der Waals surface area contributed by atoms with Crippen LogP contribution >= 0.6 is 0 Å². The molecule has 1 aromatic rings. The molecule has 0 saturated carbocycles. The molecule has 1 rings (SSSR count). The number of nitriles is 1. The second-order valence-corrected chi connectivity index (χ2v) is 3.11. The monoisotopic (exact) mass is 242 g/mol. The van der Waals surface area contributed by atoms with Crippen LogP contribution in [0.25, 0.3) is 0 Å². The quantitative estimate of drug-likeness (QED) is 0.777. The van der Waals surface area contributed by atoms with Gasteiger partial charge in [0, 0.05) is 6.07 Å². The predicted molar refractivity (Wildman–Crippen MR) is 53.5 cm³/mol. The smallest absolute Gasteiger partial charge is 0.387 e. The SMILES string of the molecule is N#Cc1cc(OC(F)F)c(N)cc1CC(=O)O. The number of nitrogens with zero attached hydrogens (tertiary/aromatic N) is 1. The van der Waals surface area contributed by atoms with Crippen molar-refractivity contribution in [1.82, 2.24) is 0 Å². The Morgan fingerprint density at radius 2 is 2.24 bits per heavy atom. The molecule has 0 spiro atoms. The number of ether oxygens (including phenoxy) is 1. The number of hydrogen-bond donors (Lipinski definition) is 2. The first kappa shape index (κ1) is 12.7. The lowest BCUT2D eigenvalue weighted by atomic mass is 10.0. The van der Waals surface area contributed by atoms with Crippen molar-refractivity contribution < 1.29 is 23.4 Å². The second kappa shape index (κ2) is 5.12. The Morgan fingerprint density at radius 1 is 1.59 bits per heavy atom. The topological polar surface area (TPSA) is 96.3 Å². The molecule has 3 N–H and O–H groups in total. The summed E-state index contributed by atoms with van der Waals surface area (Å²) in [4.78, 5) is 10.5. The highest BCUT2D eigenvalue weighted by Crippen LogP contribution is 2.27. The third-order valence-corrected chi connectivity index (χ3v) is 1.91. The Hall–Kier alpha value is -2.36. The molecule has 17 heavy (non-hydrogen) atoms. The summed E-state index contributed by atoms with van der Waals surface area (Å²) >= 11 is 0. The van der Waals surface area contributed by atoms with Gasteiger partial charge in [-0.3, -0.25) is 4.79 Å². The zero-order valence-electron chi connectivity index (χ0n) is 8.48. The molecule has 0 unspecified atom stereocenters. The van der Waals surface area contributed by atoms with Gasteiger partial charge in [0.2, 0.25) is 0 Å². The fourth-order valence-electron chi connectivity index (χ4n) is 1.26. The first-order chi connectivity index (χ1) is 7.93. The van der Waals surface area contributed by atoms with Crippen LogP contribution in [0.15, 0.2) is 12.1 Å². The van der Waals surface area contributed by atoms with Gasteiger partial charge in [0.15, 0.2) is 0 Å². The van der Waals surface area contributed by atoms with Gasteiger partial charge in [-0.25, -0.2) is 0 Å². The number of aliphatic carboxylic acids is 1. The van der Waals surface area contributed by atoms with E-state index >= 15 is 0 Å². The van der Waals surface area contributed by atoms with Gasteiger partial charge in [0.05, 0.1) is 23.7 Å². The van der Waals surface area contributed by atoms with Gasteiger partial charge in [-0.05, 0) is 11.6 Å². The normalized spacial score (nSPS) is 10.0. The van der Waals surface area contributed by atoms with Gasteiger partial charge in [-0.2, -0.15) is 14.0 Å². The van der Waals surface area contributed by atoms with Crippen molar-refractivity contribution in [3.63, 3.8) is 0 Å². The molecule has 0 fully saturated rings. The fraction of sp³-hybridized carbons (Fsp3) is 0.200. The maximum atomic E-state index is 12.0. The number of carboxylic acids is 1. The molecule has 0 saturated heterocycles. The van der Waals surface area contributed by atoms with Gasteiger partial charge in [0.1, 0.15) is 5.75 Å². The van der Waals surface area contributed by atoms with Crippen molar-refractivity contribution in [2.45, 2.75) is 13.0 Å². The molecule has 0 aliphatic carbocycles. The van der Waals surface area contributed by atoms with E-state index in [9.17, 15) is 13.6 Å². The first-order valence-electron chi connectivity index (χ1n) is 4.43. The average Bonchev–Trinajstić information content (AvgIpc) is 2.20. The van der Waals surface area contributed by atoms with Gasteiger partial charge in [-0.15, -0.1) is 0 Å². The molecular formula is C10H8F2N2O3. The highest BCUT2D eigenvalue weighted by atomic mass is 19.3. The maximum absolute atomic E-state index is 12.0. The van der Waals surface area contributed by atoms with Crippen LogP contribution in [0.1, 0.15) is 11.1 Å². The summed E-state index contributed by atoms with van der Waals surface area (Å²) in [5, 5.41) is 17.3. The van der Waals surface area contributed by atoms with Crippen molar-refractivity contribution in [2.24, 2.45) is 0 Å². The molecule has 90 valence electrons. The summed E-state index contributed by atoms with van der Waals surface area (Å²) in [6, 6.07) is 3.84. The number of anilines is 1. The minimum atomic E-state index is -3.06. The zero-order chi connectivity index (χ0) is 13.0. The van der Waals surface area contributed by atoms with Crippen LogP contribution < -0.4 is 10.5 Å². The van der Waals surface area contributed by atoms with E-state index in [2.05, 4.69) is 4.74 Å². The first-order valence-corrected chi connectivity index (χ1v) is 4.43. The van der Waals surface area contributed by atoms with Crippen LogP contribution in [-0.2, 0) is 11.2 Å². The van der Waals surface area contributed by atoms with Gasteiger partial charge < -0.3 is 15.6 Å². The molecule has 7 heteroatoms. The molecule has 0 aromatic heterocycles. The summed E-state index contributed by atoms with van der Waals surface area (Å²) in [6.07, 6.45) is -0.415. The van der Waals surface area contributed by atoms with E-state index in [4.69, 9.17) is 16.1 Å². The van der Waals surface area contributed by atoms with Gasteiger partial charge >= 0.3 is 12.6 Å². The molecule has 0 atom stereocenters. The number of carbonyl (C=O) groups is 1. The molecule has 0 amide bonds. The molecule has 0 aliphatic rings. The maximum Gasteiger partial charge on any atom is 0.387 e. The van der Waals surface area contributed by atoms with Crippen LogP contribution in [0, 0.1) is 11.3 Å². The van der Waals surface area contributed by atoms with E-state index < -0.39 is 19.0 Å². The van der Waals surface area contributed by atoms with E-state index in [0.717, 1.165) is 12.1 Å². The van der Waals surface area contributed by atoms with Crippen LogP contribution in [0.3, 0.4) is 0 Å². The lowest BCUT2D eigenvalue weighted by Gasteiger charge is -2.10. The van der Waals surface area contributed by atoms with Gasteiger partial charge in [-0.1, -0.05) is 0 Å². The van der Waals surface area contributed by atoms with Crippen LogP contribution in [0.2, 0.25) is 0 Å². The largest absolute Gasteiger partial charge is 0.481 e. The average molecular weight is 242 g/mol. The summed E-state index contributed by atoms with van der Waals surface area (Å²) in [5.74, 6) is -1.49. The number of halogens is 2. The van der Waals surface area contributed by atoms with Crippen LogP contribution in [-0.4, -0.2) is 17.7 Å². The number of hydrogen-bond acceptors (Lipinski definition) is 4. The van der Waals surface area contributed by atoms with Crippen molar-refractivity contribution in [1.29, 1.82) is 5.26 Å². The van der Waals surface area contributed by atoms with Crippen molar-refractivity contribution in [2.75, 3.05) is 5.73 Å². The summed E-state index contributed by atoms with van der Waals surface area (Å²) in [7, 11) is 0. The lowest BCUT2D eigenvalue weighted by molar-refractivity contribution is -0.136. The Bertz CT molecular complexity index is 483. The zero-order valence-corrected chi connectivity index (χ0v) is 8.48. The van der Waals surface area contributed by atoms with Crippen LogP contribution in [0.4, 0.5) is 14.5 Å². The van der Waals surface area contributed by atoms with Crippen molar-refractivity contribution in [3.05, 3.63) is 23.3 Å². The highest BCUT2D eigenvalue weighted by molar-refractivity contribution is 5.73. The lowest BCUT2D eigenvalue weighted by Crippen LogP contribution is -2.08. The van der Waals surface area contributed by atoms with Crippen LogP contribution in [0.5, 0.6) is 5.75 Å². The summed E-state index contributed by atoms with van der Waals surface area (Å²) in [6.45, 7) is -3.06. The second-order valence-electron chi connectivity index (χ2n) is 3.11. The minimum Gasteiger partial charge on any atom is -0.481 e. The standard InChI is InChI=1S/C10H8F2N2O3/c11-10(12)17-8-2-6(4-13)5(1-7(8)14)3-9(15)16/h1-2,10H,3,14H2,(H,15,16). The van der Waals surface area contributed by atoms with E-state index in [0.29, 0.717) is 0 Å². The Morgan fingerprint density at radius 3 is 2.71 bits per heavy atom. The number of carboxylic acid groups (broad SMARTS) is 1. The number of nitrogens with two attached hydrogens (primary N) is 1. The molecule has 0 bridgehead atoms. The van der Waals surface area contributed by atoms with E-state index in [1.807, 2.05) is 0 Å². The van der Waals surface area contributed by atoms with Crippen molar-refractivity contribution in [3.8, 4) is 11.8 Å². The van der Waals surface area contributed by atoms with E-state index in [-0.39, 0.29) is 22.6 Å². The van der Waals surface area contributed by atoms with E-state index in [1.54, 1.807) is 6.07 Å². The summed E-state index contributed by atoms with van der Waals surface area (Å²) in [5.41, 5.74) is 5.36. The predicted octanol–water partition coefficient (Wildman–Crippen LogP) is 1.37. The number of benzene rings is 1. The molecule has 0 aliphatic heterocycles. The van der Waals surface area contributed by atoms with Crippen molar-refractivity contribution >= 4 is 11.7 Å². The Kier molecular flexibility index (Phi) is 3.82. The number of rotatable bonds is 4. The fourth-order valence-corrected chi connectivity index (χ4v) is 1.26. The molecular weight excluding hydrogens is 234 g/mol. The summed E-state index contributed by atoms with van der Waals surface area (Å²) < 4.78 is 28.1. The molecule has 5 nitrogen and oxygen atoms in total. The Balaban J connectivity index is 3.16. The molecule has 0 radical (unpaired) electrons. The highest BCUT2D eigenvalue weighted by Gasteiger charge is 2.14. The third kappa shape index (κ3) is 3.31. The Labute approximate surface area is 95.0 Å². The number of alkyl halides is 2. The number of nitrogen functional groups attached to an aromatic ring is 1. The minimum absolute atomic E-state index is 0.0581. The van der Waals surface area contributed by atoms with Gasteiger partial charge in [0.25, 0.3) is 0 Å². The molecule has 0 heterocycles. The molecule has 1 aromatic carbocycles.